The van der Waals surface area contributed by atoms with E-state index < -0.39 is 11.9 Å². The monoisotopic (exact) mass is 268 g/mol. The molecule has 0 aromatic heterocycles. The number of hydrogen-bond donors (Lipinski definition) is 1. The number of aliphatic carboxylic acids is 1. The van der Waals surface area contributed by atoms with Crippen LogP contribution in [0.3, 0.4) is 0 Å². The lowest BCUT2D eigenvalue weighted by Gasteiger charge is -2.20. The molecule has 0 fully saturated rings. The molecule has 1 unspecified atom stereocenters. The second-order valence-electron chi connectivity index (χ2n) is 6.05. The molecule has 1 atom stereocenters. The van der Waals surface area contributed by atoms with Crippen molar-refractivity contribution in [2.24, 2.45) is 0 Å². The van der Waals surface area contributed by atoms with Crippen LogP contribution >= 0.6 is 0 Å². The number of hydrogen-bond acceptors (Lipinski definition) is 1. The van der Waals surface area contributed by atoms with Crippen molar-refractivity contribution in [3.05, 3.63) is 71.3 Å². The molecule has 0 aliphatic rings. The van der Waals surface area contributed by atoms with Crippen LogP contribution in [0.2, 0.25) is 0 Å². The zero-order chi connectivity index (χ0) is 14.8. The van der Waals surface area contributed by atoms with Gasteiger partial charge >= 0.3 is 5.97 Å². The van der Waals surface area contributed by atoms with Crippen LogP contribution in [0.25, 0.3) is 0 Å². The van der Waals surface area contributed by atoms with Crippen LogP contribution in [-0.2, 0) is 10.2 Å². The summed E-state index contributed by atoms with van der Waals surface area (Å²) < 4.78 is 0. The molecule has 1 N–H and O–H groups in total. The van der Waals surface area contributed by atoms with Crippen LogP contribution < -0.4 is 0 Å². The van der Waals surface area contributed by atoms with Crippen LogP contribution in [0.1, 0.15) is 43.4 Å². The van der Waals surface area contributed by atoms with Crippen LogP contribution in [0, 0.1) is 0 Å². The largest absolute Gasteiger partial charge is 0.481 e. The summed E-state index contributed by atoms with van der Waals surface area (Å²) >= 11 is 0. The van der Waals surface area contributed by atoms with E-state index in [0.717, 1.165) is 11.1 Å². The lowest BCUT2D eigenvalue weighted by atomic mass is 9.84. The van der Waals surface area contributed by atoms with Gasteiger partial charge in [0.25, 0.3) is 0 Å². The van der Waals surface area contributed by atoms with Crippen LogP contribution in [-0.4, -0.2) is 11.1 Å². The molecule has 0 bridgehead atoms. The first-order chi connectivity index (χ1) is 9.39. The molecule has 20 heavy (non-hydrogen) atoms. The van der Waals surface area contributed by atoms with Crippen molar-refractivity contribution >= 4 is 5.97 Å². The fourth-order valence-electron chi connectivity index (χ4n) is 2.30. The summed E-state index contributed by atoms with van der Waals surface area (Å²) in [5.41, 5.74) is 2.91. The van der Waals surface area contributed by atoms with E-state index in [-0.39, 0.29) is 5.41 Å². The zero-order valence-electron chi connectivity index (χ0n) is 12.1. The van der Waals surface area contributed by atoms with Crippen LogP contribution in [0.15, 0.2) is 54.6 Å². The van der Waals surface area contributed by atoms with E-state index in [2.05, 4.69) is 20.8 Å². The Morgan fingerprint density at radius 2 is 1.40 bits per heavy atom. The SMILES string of the molecule is CC(C)(C)c1ccc(C(C(=O)O)c2ccccc2)cc1. The Labute approximate surface area is 120 Å². The quantitative estimate of drug-likeness (QED) is 0.905. The highest BCUT2D eigenvalue weighted by Gasteiger charge is 2.22. The molecule has 2 aromatic rings. The molecule has 0 heterocycles. The second kappa shape index (κ2) is 5.49. The first kappa shape index (κ1) is 14.3. The van der Waals surface area contributed by atoms with Crippen LogP contribution in [0.5, 0.6) is 0 Å². The minimum Gasteiger partial charge on any atom is -0.481 e. The van der Waals surface area contributed by atoms with Crippen molar-refractivity contribution in [3.63, 3.8) is 0 Å². The maximum Gasteiger partial charge on any atom is 0.315 e. The minimum atomic E-state index is -0.820. The zero-order valence-corrected chi connectivity index (χ0v) is 12.1. The normalized spacial score (nSPS) is 12.9. The molecule has 0 aliphatic heterocycles. The van der Waals surface area contributed by atoms with Gasteiger partial charge in [0.15, 0.2) is 0 Å². The molecule has 0 saturated heterocycles. The summed E-state index contributed by atoms with van der Waals surface area (Å²) in [6.45, 7) is 6.44. The molecular weight excluding hydrogens is 248 g/mol. The Kier molecular flexibility index (Phi) is 3.93. The Bertz CT molecular complexity index is 577. The van der Waals surface area contributed by atoms with E-state index in [1.807, 2.05) is 54.6 Å². The van der Waals surface area contributed by atoms with E-state index in [4.69, 9.17) is 0 Å². The van der Waals surface area contributed by atoms with Gasteiger partial charge in [0, 0.05) is 0 Å². The number of carboxylic acids is 1. The first-order valence-corrected chi connectivity index (χ1v) is 6.78. The average molecular weight is 268 g/mol. The van der Waals surface area contributed by atoms with Gasteiger partial charge in [0.1, 0.15) is 5.92 Å². The highest BCUT2D eigenvalue weighted by Crippen LogP contribution is 2.28. The summed E-state index contributed by atoms with van der Waals surface area (Å²) in [7, 11) is 0. The Balaban J connectivity index is 2.39. The molecule has 2 aromatic carbocycles. The standard InChI is InChI=1S/C18H20O2/c1-18(2,3)15-11-9-14(10-12-15)16(17(19)20)13-7-5-4-6-8-13/h4-12,16H,1-3H3,(H,19,20). The summed E-state index contributed by atoms with van der Waals surface area (Å²) in [5, 5.41) is 9.51. The van der Waals surface area contributed by atoms with Crippen molar-refractivity contribution in [1.82, 2.24) is 0 Å². The molecule has 0 amide bonds. The predicted molar refractivity (Wildman–Crippen MR) is 81.1 cm³/mol. The molecular formula is C18H20O2. The van der Waals surface area contributed by atoms with Crippen molar-refractivity contribution in [1.29, 1.82) is 0 Å². The third-order valence-electron chi connectivity index (χ3n) is 3.49. The van der Waals surface area contributed by atoms with Crippen LogP contribution in [0.4, 0.5) is 0 Å². The average Bonchev–Trinajstić information content (AvgIpc) is 2.39. The topological polar surface area (TPSA) is 37.3 Å². The molecule has 0 radical (unpaired) electrons. The van der Waals surface area contributed by atoms with Crippen molar-refractivity contribution in [2.45, 2.75) is 32.1 Å². The summed E-state index contributed by atoms with van der Waals surface area (Å²) in [4.78, 5) is 11.6. The third kappa shape index (κ3) is 3.08. The van der Waals surface area contributed by atoms with Gasteiger partial charge in [-0.2, -0.15) is 0 Å². The van der Waals surface area contributed by atoms with Crippen molar-refractivity contribution < 1.29 is 9.90 Å². The molecule has 0 spiro atoms. The maximum absolute atomic E-state index is 11.6. The molecule has 104 valence electrons. The Morgan fingerprint density at radius 3 is 1.85 bits per heavy atom. The minimum absolute atomic E-state index is 0.0734. The van der Waals surface area contributed by atoms with Gasteiger partial charge in [0.05, 0.1) is 0 Å². The maximum atomic E-state index is 11.6. The highest BCUT2D eigenvalue weighted by atomic mass is 16.4. The molecule has 0 aliphatic carbocycles. The van der Waals surface area contributed by atoms with E-state index >= 15 is 0 Å². The number of benzene rings is 2. The van der Waals surface area contributed by atoms with Gasteiger partial charge in [-0.25, -0.2) is 0 Å². The Morgan fingerprint density at radius 1 is 0.900 bits per heavy atom. The number of carboxylic acid groups (broad SMARTS) is 1. The van der Waals surface area contributed by atoms with Gasteiger partial charge in [0.2, 0.25) is 0 Å². The number of carbonyl (C=O) groups is 1. The fraction of sp³-hybridized carbons (Fsp3) is 0.278. The summed E-state index contributed by atoms with van der Waals surface area (Å²) in [5.74, 6) is -1.43. The third-order valence-corrected chi connectivity index (χ3v) is 3.49. The highest BCUT2D eigenvalue weighted by molar-refractivity contribution is 5.80. The lowest BCUT2D eigenvalue weighted by Crippen LogP contribution is -2.14. The van der Waals surface area contributed by atoms with Crippen molar-refractivity contribution in [2.75, 3.05) is 0 Å². The van der Waals surface area contributed by atoms with Gasteiger partial charge in [-0.05, 0) is 22.1 Å². The van der Waals surface area contributed by atoms with E-state index in [0.29, 0.717) is 0 Å². The summed E-state index contributed by atoms with van der Waals surface area (Å²) in [6.07, 6.45) is 0. The molecule has 0 saturated carbocycles. The van der Waals surface area contributed by atoms with E-state index in [1.165, 1.54) is 5.56 Å². The van der Waals surface area contributed by atoms with Gasteiger partial charge in [-0.3, -0.25) is 4.79 Å². The van der Waals surface area contributed by atoms with Gasteiger partial charge < -0.3 is 5.11 Å². The molecule has 2 rings (SSSR count). The van der Waals surface area contributed by atoms with Gasteiger partial charge in [-0.1, -0.05) is 75.4 Å². The van der Waals surface area contributed by atoms with Crippen molar-refractivity contribution in [3.8, 4) is 0 Å². The predicted octanol–water partition coefficient (Wildman–Crippen LogP) is 4.20. The first-order valence-electron chi connectivity index (χ1n) is 6.78. The van der Waals surface area contributed by atoms with E-state index in [1.54, 1.807) is 0 Å². The molecule has 2 nitrogen and oxygen atoms in total. The fourth-order valence-corrected chi connectivity index (χ4v) is 2.30. The molecule has 2 heteroatoms. The Hall–Kier alpha value is -2.09. The smallest absolute Gasteiger partial charge is 0.315 e. The lowest BCUT2D eigenvalue weighted by molar-refractivity contribution is -0.137. The van der Waals surface area contributed by atoms with E-state index in [9.17, 15) is 9.90 Å². The summed E-state index contributed by atoms with van der Waals surface area (Å²) in [6, 6.07) is 17.2. The number of rotatable bonds is 3. The second-order valence-corrected chi connectivity index (χ2v) is 6.05. The van der Waals surface area contributed by atoms with Gasteiger partial charge in [-0.15, -0.1) is 0 Å².